The number of H-pyrrole nitrogens is 1. The fraction of sp³-hybridized carbons (Fsp3) is 0.278. The molecule has 0 aliphatic rings. The summed E-state index contributed by atoms with van der Waals surface area (Å²) in [5.74, 6) is -1.50. The first-order chi connectivity index (χ1) is 11.9. The van der Waals surface area contributed by atoms with Crippen LogP contribution in [0.1, 0.15) is 44.6 Å². The SMILES string of the molecule is CCOC(=O)c1c(C)[nH]c(C(=O)COC(=O)/C=C/c2ccsc2)c1C. The van der Waals surface area contributed by atoms with E-state index in [0.29, 0.717) is 16.8 Å². The highest BCUT2D eigenvalue weighted by atomic mass is 32.1. The number of aryl methyl sites for hydroxylation is 1. The van der Waals surface area contributed by atoms with Crippen molar-refractivity contribution in [2.75, 3.05) is 13.2 Å². The maximum absolute atomic E-state index is 12.3. The Morgan fingerprint density at radius 1 is 1.24 bits per heavy atom. The number of ether oxygens (including phenoxy) is 2. The number of thiophene rings is 1. The Morgan fingerprint density at radius 2 is 2.00 bits per heavy atom. The van der Waals surface area contributed by atoms with Gasteiger partial charge in [0, 0.05) is 11.8 Å². The molecule has 2 rings (SSSR count). The van der Waals surface area contributed by atoms with Crippen LogP contribution in [0.25, 0.3) is 6.08 Å². The number of carbonyl (C=O) groups is 3. The van der Waals surface area contributed by atoms with Crippen LogP contribution >= 0.6 is 11.3 Å². The number of aromatic nitrogens is 1. The minimum atomic E-state index is -0.605. The van der Waals surface area contributed by atoms with Gasteiger partial charge in [-0.15, -0.1) is 0 Å². The van der Waals surface area contributed by atoms with Crippen molar-refractivity contribution in [3.63, 3.8) is 0 Å². The van der Waals surface area contributed by atoms with Crippen LogP contribution in [0.4, 0.5) is 0 Å². The number of hydrogen-bond acceptors (Lipinski definition) is 6. The zero-order chi connectivity index (χ0) is 18.4. The van der Waals surface area contributed by atoms with Gasteiger partial charge in [0.05, 0.1) is 17.9 Å². The molecule has 0 radical (unpaired) electrons. The number of hydrogen-bond donors (Lipinski definition) is 1. The molecule has 2 heterocycles. The maximum Gasteiger partial charge on any atom is 0.340 e. The first kappa shape index (κ1) is 18.7. The summed E-state index contributed by atoms with van der Waals surface area (Å²) in [6.07, 6.45) is 2.89. The quantitative estimate of drug-likeness (QED) is 0.464. The summed E-state index contributed by atoms with van der Waals surface area (Å²) in [4.78, 5) is 38.8. The fourth-order valence-corrected chi connectivity index (χ4v) is 2.96. The number of aromatic amines is 1. The largest absolute Gasteiger partial charge is 0.462 e. The van der Waals surface area contributed by atoms with E-state index >= 15 is 0 Å². The molecule has 25 heavy (non-hydrogen) atoms. The minimum Gasteiger partial charge on any atom is -0.462 e. The van der Waals surface area contributed by atoms with Gasteiger partial charge in [-0.05, 0) is 54.8 Å². The zero-order valence-corrected chi connectivity index (χ0v) is 15.1. The maximum atomic E-state index is 12.3. The molecule has 0 atom stereocenters. The van der Waals surface area contributed by atoms with E-state index in [9.17, 15) is 14.4 Å². The predicted octanol–water partition coefficient (Wildman–Crippen LogP) is 3.31. The Balaban J connectivity index is 2.00. The molecule has 132 valence electrons. The molecule has 0 saturated carbocycles. The van der Waals surface area contributed by atoms with Crippen LogP contribution in [0.5, 0.6) is 0 Å². The third-order valence-corrected chi connectivity index (χ3v) is 4.20. The van der Waals surface area contributed by atoms with E-state index in [1.807, 2.05) is 16.8 Å². The lowest BCUT2D eigenvalue weighted by molar-refractivity contribution is -0.136. The van der Waals surface area contributed by atoms with Crippen molar-refractivity contribution in [3.8, 4) is 0 Å². The number of nitrogens with one attached hydrogen (secondary N) is 1. The van der Waals surface area contributed by atoms with Crippen LogP contribution in [-0.2, 0) is 14.3 Å². The molecule has 0 fully saturated rings. The smallest absolute Gasteiger partial charge is 0.340 e. The summed E-state index contributed by atoms with van der Waals surface area (Å²) < 4.78 is 9.94. The van der Waals surface area contributed by atoms with Gasteiger partial charge in [0.25, 0.3) is 0 Å². The van der Waals surface area contributed by atoms with Crippen molar-refractivity contribution in [3.05, 3.63) is 51.0 Å². The van der Waals surface area contributed by atoms with Gasteiger partial charge < -0.3 is 14.5 Å². The summed E-state index contributed by atoms with van der Waals surface area (Å²) >= 11 is 1.52. The lowest BCUT2D eigenvalue weighted by Crippen LogP contribution is -2.14. The van der Waals surface area contributed by atoms with Gasteiger partial charge in [0.1, 0.15) is 0 Å². The second kappa shape index (κ2) is 8.43. The van der Waals surface area contributed by atoms with Gasteiger partial charge in [-0.25, -0.2) is 9.59 Å². The van der Waals surface area contributed by atoms with Gasteiger partial charge >= 0.3 is 11.9 Å². The van der Waals surface area contributed by atoms with Gasteiger partial charge in [-0.2, -0.15) is 11.3 Å². The Morgan fingerprint density at radius 3 is 2.64 bits per heavy atom. The molecule has 0 spiro atoms. The van der Waals surface area contributed by atoms with Crippen molar-refractivity contribution < 1.29 is 23.9 Å². The van der Waals surface area contributed by atoms with E-state index in [1.54, 1.807) is 26.8 Å². The number of rotatable bonds is 7. The van der Waals surface area contributed by atoms with Gasteiger partial charge in [-0.1, -0.05) is 0 Å². The van der Waals surface area contributed by atoms with Crippen molar-refractivity contribution in [1.82, 2.24) is 4.98 Å². The second-order valence-electron chi connectivity index (χ2n) is 5.27. The summed E-state index contributed by atoms with van der Waals surface area (Å²) in [7, 11) is 0. The normalized spacial score (nSPS) is 10.8. The molecule has 0 aliphatic heterocycles. The van der Waals surface area contributed by atoms with Crippen LogP contribution in [0.2, 0.25) is 0 Å². The molecule has 2 aromatic rings. The first-order valence-electron chi connectivity index (χ1n) is 7.70. The summed E-state index contributed by atoms with van der Waals surface area (Å²) in [5.41, 5.74) is 2.51. The van der Waals surface area contributed by atoms with Crippen molar-refractivity contribution >= 4 is 35.1 Å². The highest BCUT2D eigenvalue weighted by molar-refractivity contribution is 7.08. The molecule has 1 N–H and O–H groups in total. The van der Waals surface area contributed by atoms with Crippen molar-refractivity contribution in [2.24, 2.45) is 0 Å². The average Bonchev–Trinajstić information content (AvgIpc) is 3.18. The third-order valence-electron chi connectivity index (χ3n) is 3.50. The van der Waals surface area contributed by atoms with Crippen molar-refractivity contribution in [1.29, 1.82) is 0 Å². The highest BCUT2D eigenvalue weighted by Crippen LogP contribution is 2.19. The van der Waals surface area contributed by atoms with E-state index in [1.165, 1.54) is 17.4 Å². The molecule has 0 bridgehead atoms. The molecule has 0 saturated heterocycles. The number of carbonyl (C=O) groups excluding carboxylic acids is 3. The van der Waals surface area contributed by atoms with Crippen LogP contribution in [0.3, 0.4) is 0 Å². The van der Waals surface area contributed by atoms with Crippen LogP contribution in [-0.4, -0.2) is 35.9 Å². The molecule has 6 nitrogen and oxygen atoms in total. The van der Waals surface area contributed by atoms with Crippen LogP contribution < -0.4 is 0 Å². The molecular weight excluding hydrogens is 342 g/mol. The number of esters is 2. The highest BCUT2D eigenvalue weighted by Gasteiger charge is 2.23. The molecule has 2 aromatic heterocycles. The molecular formula is C18H19NO5S. The molecule has 0 aliphatic carbocycles. The first-order valence-corrected chi connectivity index (χ1v) is 8.64. The van der Waals surface area contributed by atoms with E-state index in [-0.39, 0.29) is 12.3 Å². The molecule has 7 heteroatoms. The van der Waals surface area contributed by atoms with E-state index in [2.05, 4.69) is 4.98 Å². The van der Waals surface area contributed by atoms with Gasteiger partial charge in [-0.3, -0.25) is 4.79 Å². The summed E-state index contributed by atoms with van der Waals surface area (Å²) in [5, 5.41) is 3.78. The second-order valence-corrected chi connectivity index (χ2v) is 6.05. The minimum absolute atomic E-state index is 0.246. The van der Waals surface area contributed by atoms with Crippen LogP contribution in [0.15, 0.2) is 22.9 Å². The van der Waals surface area contributed by atoms with Crippen LogP contribution in [0, 0.1) is 13.8 Å². The lowest BCUT2D eigenvalue weighted by Gasteiger charge is -2.03. The molecule has 0 amide bonds. The monoisotopic (exact) mass is 361 g/mol. The van der Waals surface area contributed by atoms with E-state index in [0.717, 1.165) is 5.56 Å². The molecule has 0 unspecified atom stereocenters. The average molecular weight is 361 g/mol. The molecule has 0 aromatic carbocycles. The Hall–Kier alpha value is -2.67. The number of Topliss-reactive ketones (excluding diaryl/α,β-unsaturated/α-hetero) is 1. The summed E-state index contributed by atoms with van der Waals surface area (Å²) in [6.45, 7) is 4.90. The van der Waals surface area contributed by atoms with Gasteiger partial charge in [0.2, 0.25) is 5.78 Å². The van der Waals surface area contributed by atoms with E-state index in [4.69, 9.17) is 9.47 Å². The summed E-state index contributed by atoms with van der Waals surface area (Å²) in [6, 6.07) is 1.86. The van der Waals surface area contributed by atoms with Gasteiger partial charge in [0.15, 0.2) is 6.61 Å². The zero-order valence-electron chi connectivity index (χ0n) is 14.3. The Kier molecular flexibility index (Phi) is 6.30. The van der Waals surface area contributed by atoms with Crippen molar-refractivity contribution in [2.45, 2.75) is 20.8 Å². The fourth-order valence-electron chi connectivity index (χ4n) is 2.33. The Labute approximate surface area is 149 Å². The Bertz CT molecular complexity index is 802. The lowest BCUT2D eigenvalue weighted by atomic mass is 10.1. The standard InChI is InChI=1S/C18H19NO5S/c1-4-23-18(22)16-11(2)17(19-12(16)3)14(20)9-24-15(21)6-5-13-7-8-25-10-13/h5-8,10,19H,4,9H2,1-3H3/b6-5+. The van der Waals surface area contributed by atoms with E-state index < -0.39 is 24.3 Å². The third kappa shape index (κ3) is 4.67. The predicted molar refractivity (Wildman–Crippen MR) is 94.9 cm³/mol. The number of ketones is 1. The topological polar surface area (TPSA) is 85.5 Å².